The Morgan fingerprint density at radius 2 is 1.72 bits per heavy atom. The van der Waals surface area contributed by atoms with Crippen LogP contribution in [0.25, 0.3) is 0 Å². The monoisotopic (exact) mass is 356 g/mol. The van der Waals surface area contributed by atoms with Crippen LogP contribution in [-0.2, 0) is 4.79 Å². The normalized spacial score (nSPS) is 18.0. The highest BCUT2D eigenvalue weighted by Gasteiger charge is 2.38. The molecule has 25 heavy (non-hydrogen) atoms. The van der Waals surface area contributed by atoms with Gasteiger partial charge in [-0.25, -0.2) is 0 Å². The number of rotatable bonds is 3. The Hall–Kier alpha value is -2.37. The minimum absolute atomic E-state index is 0.417. The largest absolute Gasteiger partial charge is 0.360 e. The van der Waals surface area contributed by atoms with E-state index in [1.807, 2.05) is 18.2 Å². The molecule has 2 aromatic rings. The van der Waals surface area contributed by atoms with E-state index in [4.69, 9.17) is 11.6 Å². The number of hydrogen-bond donors (Lipinski definition) is 1. The van der Waals surface area contributed by atoms with Crippen LogP contribution in [0.15, 0.2) is 48.5 Å². The molecule has 0 bridgehead atoms. The Labute approximate surface area is 151 Å². The first-order valence-corrected chi connectivity index (χ1v) is 8.80. The van der Waals surface area contributed by atoms with Crippen molar-refractivity contribution in [1.29, 1.82) is 0 Å². The van der Waals surface area contributed by atoms with Gasteiger partial charge in [0.15, 0.2) is 6.67 Å². The molecule has 2 aliphatic heterocycles. The maximum atomic E-state index is 12.3. The van der Waals surface area contributed by atoms with E-state index in [9.17, 15) is 9.59 Å². The number of Topliss-reactive ketones (excluding diaryl/α,β-unsaturated/α-hetero) is 1. The van der Waals surface area contributed by atoms with Gasteiger partial charge >= 0.3 is 5.91 Å². The number of quaternary nitrogens is 1. The number of halogens is 1. The summed E-state index contributed by atoms with van der Waals surface area (Å²) in [6.45, 7) is 4.24. The second kappa shape index (κ2) is 6.50. The number of ketones is 1. The smallest absolute Gasteiger partial charge is 0.303 e. The minimum atomic E-state index is -0.458. The van der Waals surface area contributed by atoms with Crippen molar-refractivity contribution in [2.75, 3.05) is 42.6 Å². The molecule has 6 heteroatoms. The van der Waals surface area contributed by atoms with Crippen LogP contribution in [0, 0.1) is 0 Å². The summed E-state index contributed by atoms with van der Waals surface area (Å²) in [6, 6.07) is 15.4. The molecule has 0 saturated carbocycles. The fourth-order valence-electron chi connectivity index (χ4n) is 3.53. The van der Waals surface area contributed by atoms with Gasteiger partial charge in [-0.15, -0.1) is 0 Å². The molecule has 0 unspecified atom stereocenters. The van der Waals surface area contributed by atoms with E-state index in [2.05, 4.69) is 17.0 Å². The molecule has 0 aromatic heterocycles. The van der Waals surface area contributed by atoms with E-state index in [0.29, 0.717) is 22.9 Å². The Kier molecular flexibility index (Phi) is 4.19. The summed E-state index contributed by atoms with van der Waals surface area (Å²) in [5.74, 6) is -0.907. The highest BCUT2D eigenvalue weighted by Crippen LogP contribution is 2.30. The number of amides is 1. The summed E-state index contributed by atoms with van der Waals surface area (Å²) in [6.07, 6.45) is 0. The van der Waals surface area contributed by atoms with Gasteiger partial charge in [-0.3, -0.25) is 14.5 Å². The number of nitrogens with one attached hydrogen (secondary N) is 1. The summed E-state index contributed by atoms with van der Waals surface area (Å²) in [4.78, 5) is 29.8. The number of carbonyl (C=O) groups is 2. The number of piperazine rings is 1. The fourth-order valence-corrected chi connectivity index (χ4v) is 3.70. The third-order valence-corrected chi connectivity index (χ3v) is 5.14. The molecular weight excluding hydrogens is 338 g/mol. The molecule has 1 amide bonds. The van der Waals surface area contributed by atoms with Crippen LogP contribution in [0.4, 0.5) is 11.4 Å². The van der Waals surface area contributed by atoms with Crippen LogP contribution in [0.1, 0.15) is 10.4 Å². The van der Waals surface area contributed by atoms with Gasteiger partial charge in [0.05, 0.1) is 37.4 Å². The first-order chi connectivity index (χ1) is 12.1. The highest BCUT2D eigenvalue weighted by molar-refractivity contribution is 6.52. The maximum absolute atomic E-state index is 12.3. The van der Waals surface area contributed by atoms with Gasteiger partial charge in [0.25, 0.3) is 5.78 Å². The van der Waals surface area contributed by atoms with Crippen molar-refractivity contribution in [2.24, 2.45) is 0 Å². The SMILES string of the molecule is O=C1C(=O)N(C[NH+]2CCN(c3ccccc3)CC2)c2ccc(Cl)cc21. The zero-order chi connectivity index (χ0) is 17.4. The molecule has 0 spiro atoms. The molecule has 1 fully saturated rings. The van der Waals surface area contributed by atoms with E-state index < -0.39 is 11.7 Å². The van der Waals surface area contributed by atoms with Crippen LogP contribution < -0.4 is 14.7 Å². The number of anilines is 2. The Morgan fingerprint density at radius 3 is 2.44 bits per heavy atom. The van der Waals surface area contributed by atoms with Crippen molar-refractivity contribution < 1.29 is 14.5 Å². The van der Waals surface area contributed by atoms with E-state index in [0.717, 1.165) is 26.2 Å². The lowest BCUT2D eigenvalue weighted by Crippen LogP contribution is -3.16. The lowest BCUT2D eigenvalue weighted by molar-refractivity contribution is -0.899. The number of fused-ring (bicyclic) bond motifs is 1. The first kappa shape index (κ1) is 16.1. The van der Waals surface area contributed by atoms with Crippen LogP contribution in [0.5, 0.6) is 0 Å². The average Bonchev–Trinajstić information content (AvgIpc) is 2.88. The van der Waals surface area contributed by atoms with Crippen molar-refractivity contribution in [3.63, 3.8) is 0 Å². The summed E-state index contributed by atoms with van der Waals surface area (Å²) in [5.41, 5.74) is 2.33. The molecule has 0 atom stereocenters. The van der Waals surface area contributed by atoms with Gasteiger partial charge in [0.1, 0.15) is 0 Å². The molecule has 128 valence electrons. The number of para-hydroxylation sites is 1. The van der Waals surface area contributed by atoms with Crippen molar-refractivity contribution in [3.8, 4) is 0 Å². The number of carbonyl (C=O) groups excluding carboxylic acids is 2. The van der Waals surface area contributed by atoms with Crippen molar-refractivity contribution in [1.82, 2.24) is 0 Å². The van der Waals surface area contributed by atoms with Crippen LogP contribution in [0.3, 0.4) is 0 Å². The van der Waals surface area contributed by atoms with E-state index in [-0.39, 0.29) is 0 Å². The summed E-state index contributed by atoms with van der Waals surface area (Å²) in [5, 5.41) is 0.477. The zero-order valence-electron chi connectivity index (χ0n) is 13.7. The summed E-state index contributed by atoms with van der Waals surface area (Å²) in [7, 11) is 0. The quantitative estimate of drug-likeness (QED) is 0.841. The Bertz CT molecular complexity index is 817. The molecule has 1 N–H and O–H groups in total. The lowest BCUT2D eigenvalue weighted by atomic mass is 10.1. The van der Waals surface area contributed by atoms with E-state index >= 15 is 0 Å². The van der Waals surface area contributed by atoms with Crippen molar-refractivity contribution in [2.45, 2.75) is 0 Å². The van der Waals surface area contributed by atoms with Gasteiger partial charge in [-0.05, 0) is 30.3 Å². The van der Waals surface area contributed by atoms with Crippen LogP contribution >= 0.6 is 11.6 Å². The second-order valence-corrected chi connectivity index (χ2v) is 6.89. The molecule has 2 heterocycles. The summed E-state index contributed by atoms with van der Waals surface area (Å²) >= 11 is 5.96. The molecule has 5 nitrogen and oxygen atoms in total. The second-order valence-electron chi connectivity index (χ2n) is 6.45. The molecule has 4 rings (SSSR count). The molecule has 2 aliphatic rings. The zero-order valence-corrected chi connectivity index (χ0v) is 14.5. The molecule has 1 saturated heterocycles. The predicted octanol–water partition coefficient (Wildman–Crippen LogP) is 1.23. The Balaban J connectivity index is 1.44. The number of benzene rings is 2. The number of nitrogens with zero attached hydrogens (tertiary/aromatic N) is 2. The van der Waals surface area contributed by atoms with Crippen LogP contribution in [-0.4, -0.2) is 44.5 Å². The molecule has 0 aliphatic carbocycles. The molecule has 0 radical (unpaired) electrons. The van der Waals surface area contributed by atoms with Gasteiger partial charge in [0, 0.05) is 10.7 Å². The number of hydrogen-bond acceptors (Lipinski definition) is 3. The predicted molar refractivity (Wildman–Crippen MR) is 97.5 cm³/mol. The minimum Gasteiger partial charge on any atom is -0.360 e. The lowest BCUT2D eigenvalue weighted by Gasteiger charge is -2.35. The summed E-state index contributed by atoms with van der Waals surface area (Å²) < 4.78 is 0. The molecular formula is C19H19ClN3O2+. The van der Waals surface area contributed by atoms with E-state index in [1.54, 1.807) is 23.1 Å². The molecule has 2 aromatic carbocycles. The van der Waals surface area contributed by atoms with Gasteiger partial charge in [-0.1, -0.05) is 29.8 Å². The average molecular weight is 357 g/mol. The van der Waals surface area contributed by atoms with Gasteiger partial charge < -0.3 is 9.80 Å². The standard InChI is InChI=1S/C19H18ClN3O2/c20-14-6-7-17-16(12-14)18(24)19(25)23(17)13-21-8-10-22(11-9-21)15-4-2-1-3-5-15/h1-7,12H,8-11,13H2/p+1. The highest BCUT2D eigenvalue weighted by atomic mass is 35.5. The van der Waals surface area contributed by atoms with E-state index in [1.165, 1.54) is 10.6 Å². The Morgan fingerprint density at radius 1 is 1.00 bits per heavy atom. The third kappa shape index (κ3) is 3.01. The van der Waals surface area contributed by atoms with Crippen LogP contribution in [0.2, 0.25) is 5.02 Å². The maximum Gasteiger partial charge on any atom is 0.303 e. The van der Waals surface area contributed by atoms with Gasteiger partial charge in [-0.2, -0.15) is 0 Å². The van der Waals surface area contributed by atoms with Crippen molar-refractivity contribution >= 4 is 34.7 Å². The first-order valence-electron chi connectivity index (χ1n) is 8.43. The topological polar surface area (TPSA) is 45.1 Å². The van der Waals surface area contributed by atoms with Crippen molar-refractivity contribution in [3.05, 3.63) is 59.1 Å². The third-order valence-electron chi connectivity index (χ3n) is 4.91. The van der Waals surface area contributed by atoms with Gasteiger partial charge in [0.2, 0.25) is 0 Å². The fraction of sp³-hybridized carbons (Fsp3) is 0.263.